The van der Waals surface area contributed by atoms with E-state index in [9.17, 15) is 9.90 Å². The zero-order valence-electron chi connectivity index (χ0n) is 7.95. The molecule has 0 aromatic heterocycles. The fourth-order valence-corrected chi connectivity index (χ4v) is 1.42. The highest BCUT2D eigenvalue weighted by Gasteiger charge is 2.11. The first-order valence-electron chi connectivity index (χ1n) is 4.19. The second kappa shape index (κ2) is 4.46. The molecule has 76 valence electrons. The number of aromatic hydroxyl groups is 1. The number of carbonyl (C=O) groups excluding carboxylic acids is 1. The van der Waals surface area contributed by atoms with Gasteiger partial charge in [0.2, 0.25) is 0 Å². The molecule has 1 rings (SSSR count). The summed E-state index contributed by atoms with van der Waals surface area (Å²) >= 11 is 3.12. The van der Waals surface area contributed by atoms with E-state index in [4.69, 9.17) is 4.74 Å². The molecule has 1 aromatic rings. The Bertz CT molecular complexity index is 347. The molecule has 14 heavy (non-hydrogen) atoms. The molecule has 0 atom stereocenters. The van der Waals surface area contributed by atoms with Gasteiger partial charge in [0.15, 0.2) is 17.8 Å². The predicted molar refractivity (Wildman–Crippen MR) is 57.0 cm³/mol. The highest BCUT2D eigenvalue weighted by Crippen LogP contribution is 2.36. The summed E-state index contributed by atoms with van der Waals surface area (Å²) in [6.45, 7) is 3.72. The van der Waals surface area contributed by atoms with Crippen molar-refractivity contribution in [3.8, 4) is 11.5 Å². The van der Waals surface area contributed by atoms with Crippen molar-refractivity contribution >= 4 is 22.2 Å². The molecule has 1 aromatic carbocycles. The van der Waals surface area contributed by atoms with Gasteiger partial charge in [-0.05, 0) is 41.9 Å². The monoisotopic (exact) mass is 258 g/mol. The minimum absolute atomic E-state index is 0.0186. The number of hydrogen-bond acceptors (Lipinski definition) is 3. The molecule has 0 unspecified atom stereocenters. The van der Waals surface area contributed by atoms with Crippen LogP contribution in [0.3, 0.4) is 0 Å². The summed E-state index contributed by atoms with van der Waals surface area (Å²) in [5, 5.41) is 9.63. The van der Waals surface area contributed by atoms with Gasteiger partial charge >= 0.3 is 0 Å². The molecular formula is C10H11BrO3. The summed E-state index contributed by atoms with van der Waals surface area (Å²) in [4.78, 5) is 10.5. The lowest BCUT2D eigenvalue weighted by Crippen LogP contribution is -2.05. The number of ether oxygens (including phenoxy) is 1. The normalized spacial score (nSPS) is 10.3. The van der Waals surface area contributed by atoms with Crippen molar-refractivity contribution in [3.63, 3.8) is 0 Å². The first kappa shape index (κ1) is 11.0. The predicted octanol–water partition coefficient (Wildman–Crippen LogP) is 2.75. The van der Waals surface area contributed by atoms with Gasteiger partial charge in [-0.25, -0.2) is 0 Å². The first-order valence-corrected chi connectivity index (χ1v) is 4.99. The van der Waals surface area contributed by atoms with Gasteiger partial charge in [0.1, 0.15) is 0 Å². The zero-order valence-corrected chi connectivity index (χ0v) is 9.54. The maximum absolute atomic E-state index is 10.5. The van der Waals surface area contributed by atoms with E-state index < -0.39 is 0 Å². The van der Waals surface area contributed by atoms with Crippen LogP contribution >= 0.6 is 15.9 Å². The van der Waals surface area contributed by atoms with Crippen LogP contribution < -0.4 is 4.74 Å². The second-order valence-corrected chi connectivity index (χ2v) is 3.89. The standard InChI is InChI=1S/C10H11BrO3/c1-6(2)14-8-4-3-7(5-12)9(11)10(8)13/h3-6,13H,1-2H3. The van der Waals surface area contributed by atoms with E-state index in [2.05, 4.69) is 15.9 Å². The maximum Gasteiger partial charge on any atom is 0.172 e. The molecular weight excluding hydrogens is 248 g/mol. The Morgan fingerprint density at radius 2 is 2.14 bits per heavy atom. The number of aldehydes is 1. The van der Waals surface area contributed by atoms with Crippen molar-refractivity contribution < 1.29 is 14.6 Å². The largest absolute Gasteiger partial charge is 0.503 e. The third kappa shape index (κ3) is 2.26. The number of benzene rings is 1. The van der Waals surface area contributed by atoms with E-state index in [0.29, 0.717) is 22.1 Å². The molecule has 0 bridgehead atoms. The van der Waals surface area contributed by atoms with Gasteiger partial charge in [-0.3, -0.25) is 4.79 Å². The molecule has 1 N–H and O–H groups in total. The minimum Gasteiger partial charge on any atom is -0.503 e. The van der Waals surface area contributed by atoms with Gasteiger partial charge in [-0.1, -0.05) is 0 Å². The number of carbonyl (C=O) groups is 1. The van der Waals surface area contributed by atoms with Gasteiger partial charge in [0.05, 0.1) is 10.6 Å². The Balaban J connectivity index is 3.10. The lowest BCUT2D eigenvalue weighted by molar-refractivity contribution is 0.112. The number of rotatable bonds is 3. The smallest absolute Gasteiger partial charge is 0.172 e. The summed E-state index contributed by atoms with van der Waals surface area (Å²) in [6, 6.07) is 3.17. The average molecular weight is 259 g/mol. The van der Waals surface area contributed by atoms with E-state index in [1.54, 1.807) is 12.1 Å². The van der Waals surface area contributed by atoms with E-state index in [1.807, 2.05) is 13.8 Å². The van der Waals surface area contributed by atoms with Crippen LogP contribution in [0.1, 0.15) is 24.2 Å². The van der Waals surface area contributed by atoms with Crippen LogP contribution in [0.2, 0.25) is 0 Å². The maximum atomic E-state index is 10.5. The summed E-state index contributed by atoms with van der Waals surface area (Å²) < 4.78 is 5.70. The van der Waals surface area contributed by atoms with Crippen molar-refractivity contribution in [1.82, 2.24) is 0 Å². The number of hydrogen-bond donors (Lipinski definition) is 1. The highest BCUT2D eigenvalue weighted by molar-refractivity contribution is 9.10. The summed E-state index contributed by atoms with van der Waals surface area (Å²) in [5.74, 6) is 0.334. The Morgan fingerprint density at radius 3 is 2.64 bits per heavy atom. The number of phenols is 1. The fourth-order valence-electron chi connectivity index (χ4n) is 1.00. The number of phenolic OH excluding ortho intramolecular Hbond substituents is 1. The molecule has 0 saturated carbocycles. The van der Waals surface area contributed by atoms with Crippen molar-refractivity contribution in [1.29, 1.82) is 0 Å². The molecule has 3 nitrogen and oxygen atoms in total. The topological polar surface area (TPSA) is 46.5 Å². The van der Waals surface area contributed by atoms with Crippen molar-refractivity contribution in [2.24, 2.45) is 0 Å². The SMILES string of the molecule is CC(C)Oc1ccc(C=O)c(Br)c1O. The van der Waals surface area contributed by atoms with Crippen LogP contribution in [0.5, 0.6) is 11.5 Å². The van der Waals surface area contributed by atoms with Crippen LogP contribution in [-0.2, 0) is 0 Å². The molecule has 0 fully saturated rings. The van der Waals surface area contributed by atoms with E-state index >= 15 is 0 Å². The highest BCUT2D eigenvalue weighted by atomic mass is 79.9. The van der Waals surface area contributed by atoms with Crippen molar-refractivity contribution in [2.75, 3.05) is 0 Å². The lowest BCUT2D eigenvalue weighted by atomic mass is 10.2. The summed E-state index contributed by atoms with van der Waals surface area (Å²) in [5.41, 5.74) is 0.401. The van der Waals surface area contributed by atoms with Gasteiger partial charge in [-0.2, -0.15) is 0 Å². The Labute approximate surface area is 90.8 Å². The molecule has 0 aliphatic rings. The zero-order chi connectivity index (χ0) is 10.7. The molecule has 0 amide bonds. The van der Waals surface area contributed by atoms with Gasteiger partial charge in [-0.15, -0.1) is 0 Å². The minimum atomic E-state index is -0.0386. The Morgan fingerprint density at radius 1 is 1.50 bits per heavy atom. The molecule has 0 aliphatic carbocycles. The van der Waals surface area contributed by atoms with Crippen LogP contribution in [0, 0.1) is 0 Å². The first-order chi connectivity index (χ1) is 6.56. The third-order valence-corrected chi connectivity index (χ3v) is 2.43. The van der Waals surface area contributed by atoms with Crippen molar-refractivity contribution in [3.05, 3.63) is 22.2 Å². The average Bonchev–Trinajstić information content (AvgIpc) is 2.13. The van der Waals surface area contributed by atoms with E-state index in [0.717, 1.165) is 0 Å². The molecule has 0 radical (unpaired) electrons. The fraction of sp³-hybridized carbons (Fsp3) is 0.300. The van der Waals surface area contributed by atoms with Crippen molar-refractivity contribution in [2.45, 2.75) is 20.0 Å². The van der Waals surface area contributed by atoms with Crippen LogP contribution in [0.15, 0.2) is 16.6 Å². The number of halogens is 1. The summed E-state index contributed by atoms with van der Waals surface area (Å²) in [7, 11) is 0. The van der Waals surface area contributed by atoms with Crippen LogP contribution in [0.25, 0.3) is 0 Å². The Hall–Kier alpha value is -1.03. The van der Waals surface area contributed by atoms with Gasteiger partial charge in [0.25, 0.3) is 0 Å². The third-order valence-electron chi connectivity index (χ3n) is 1.60. The van der Waals surface area contributed by atoms with E-state index in [1.165, 1.54) is 0 Å². The molecule has 0 heterocycles. The lowest BCUT2D eigenvalue weighted by Gasteiger charge is -2.12. The molecule has 0 aliphatic heterocycles. The Kier molecular flexibility index (Phi) is 3.52. The van der Waals surface area contributed by atoms with Gasteiger partial charge in [0, 0.05) is 5.56 Å². The van der Waals surface area contributed by atoms with Crippen LogP contribution in [0.4, 0.5) is 0 Å². The van der Waals surface area contributed by atoms with E-state index in [-0.39, 0.29) is 11.9 Å². The van der Waals surface area contributed by atoms with Crippen LogP contribution in [-0.4, -0.2) is 17.5 Å². The van der Waals surface area contributed by atoms with Gasteiger partial charge < -0.3 is 9.84 Å². The molecule has 0 saturated heterocycles. The summed E-state index contributed by atoms with van der Waals surface area (Å²) in [6.07, 6.45) is 0.651. The second-order valence-electron chi connectivity index (χ2n) is 3.10. The quantitative estimate of drug-likeness (QED) is 0.849. The molecule has 4 heteroatoms. The molecule has 0 spiro atoms.